The average molecular weight is 352 g/mol. The van der Waals surface area contributed by atoms with Crippen LogP contribution in [0.5, 0.6) is 0 Å². The lowest BCUT2D eigenvalue weighted by atomic mass is 10.1. The Labute approximate surface area is 151 Å². The summed E-state index contributed by atoms with van der Waals surface area (Å²) in [5.74, 6) is 0.0737. The second kappa shape index (κ2) is 9.03. The molecule has 3 aromatic rings. The zero-order valence-corrected chi connectivity index (χ0v) is 14.7. The minimum Gasteiger partial charge on any atom is -0.356 e. The summed E-state index contributed by atoms with van der Waals surface area (Å²) < 4.78 is 0. The number of amides is 1. The minimum absolute atomic E-state index is 0.0737. The van der Waals surface area contributed by atoms with Crippen LogP contribution in [0.25, 0.3) is 10.6 Å². The Morgan fingerprint density at radius 2 is 1.96 bits per heavy atom. The van der Waals surface area contributed by atoms with Crippen molar-refractivity contribution in [3.63, 3.8) is 0 Å². The Hall–Kier alpha value is -2.60. The van der Waals surface area contributed by atoms with Crippen molar-refractivity contribution < 1.29 is 4.79 Å². The average Bonchev–Trinajstić information content (AvgIpc) is 3.14. The van der Waals surface area contributed by atoms with Crippen molar-refractivity contribution in [3.05, 3.63) is 65.7 Å². The van der Waals surface area contributed by atoms with Crippen molar-refractivity contribution in [2.75, 3.05) is 6.54 Å². The van der Waals surface area contributed by atoms with Crippen molar-refractivity contribution in [1.29, 1.82) is 0 Å². The molecule has 0 aromatic carbocycles. The number of thiazole rings is 1. The summed E-state index contributed by atoms with van der Waals surface area (Å²) in [4.78, 5) is 24.6. The van der Waals surface area contributed by atoms with Gasteiger partial charge in [0.2, 0.25) is 5.91 Å². The lowest BCUT2D eigenvalue weighted by Gasteiger charge is -2.04. The smallest absolute Gasteiger partial charge is 0.220 e. The van der Waals surface area contributed by atoms with E-state index >= 15 is 0 Å². The van der Waals surface area contributed by atoms with Gasteiger partial charge in [0.05, 0.1) is 5.69 Å². The number of aryl methyl sites for hydroxylation is 2. The number of pyridine rings is 2. The van der Waals surface area contributed by atoms with Gasteiger partial charge in [0.1, 0.15) is 5.01 Å². The van der Waals surface area contributed by atoms with Crippen LogP contribution in [0, 0.1) is 0 Å². The highest BCUT2D eigenvalue weighted by atomic mass is 32.1. The number of hydrogen-bond donors (Lipinski definition) is 1. The molecule has 0 saturated carbocycles. The highest BCUT2D eigenvalue weighted by Gasteiger charge is 2.07. The van der Waals surface area contributed by atoms with Crippen LogP contribution in [0.15, 0.2) is 54.4 Å². The van der Waals surface area contributed by atoms with E-state index in [0.717, 1.165) is 29.1 Å². The molecule has 0 saturated heterocycles. The molecule has 0 unspecified atom stereocenters. The largest absolute Gasteiger partial charge is 0.356 e. The molecule has 25 heavy (non-hydrogen) atoms. The van der Waals surface area contributed by atoms with Gasteiger partial charge in [-0.15, -0.1) is 11.3 Å². The van der Waals surface area contributed by atoms with Crippen molar-refractivity contribution in [2.45, 2.75) is 25.7 Å². The van der Waals surface area contributed by atoms with Gasteiger partial charge in [0.25, 0.3) is 0 Å². The predicted molar refractivity (Wildman–Crippen MR) is 99.2 cm³/mol. The predicted octanol–water partition coefficient (Wildman–Crippen LogP) is 3.28. The fraction of sp³-hybridized carbons (Fsp3) is 0.263. The minimum atomic E-state index is 0.0737. The van der Waals surface area contributed by atoms with Crippen molar-refractivity contribution in [3.8, 4) is 10.6 Å². The van der Waals surface area contributed by atoms with Crippen LogP contribution in [-0.2, 0) is 17.6 Å². The summed E-state index contributed by atoms with van der Waals surface area (Å²) in [5, 5.41) is 5.96. The second-order valence-corrected chi connectivity index (χ2v) is 6.55. The molecule has 1 amide bonds. The molecule has 0 atom stereocenters. The van der Waals surface area contributed by atoms with E-state index in [4.69, 9.17) is 0 Å². The Morgan fingerprint density at radius 3 is 2.76 bits per heavy atom. The summed E-state index contributed by atoms with van der Waals surface area (Å²) in [6.45, 7) is 0.688. The van der Waals surface area contributed by atoms with E-state index in [-0.39, 0.29) is 5.91 Å². The molecule has 0 radical (unpaired) electrons. The third-order valence-corrected chi connectivity index (χ3v) is 4.71. The molecule has 5 nitrogen and oxygen atoms in total. The summed E-state index contributed by atoms with van der Waals surface area (Å²) >= 11 is 1.60. The normalized spacial score (nSPS) is 10.6. The molecule has 3 heterocycles. The van der Waals surface area contributed by atoms with Crippen molar-refractivity contribution in [2.24, 2.45) is 0 Å². The fourth-order valence-electron chi connectivity index (χ4n) is 2.45. The first-order valence-electron chi connectivity index (χ1n) is 8.31. The maximum Gasteiger partial charge on any atom is 0.220 e. The molecule has 1 N–H and O–H groups in total. The Balaban J connectivity index is 1.37. The molecule has 0 aliphatic rings. The molecular weight excluding hydrogens is 332 g/mol. The topological polar surface area (TPSA) is 67.8 Å². The van der Waals surface area contributed by atoms with E-state index in [2.05, 4.69) is 26.3 Å². The van der Waals surface area contributed by atoms with Gasteiger partial charge in [-0.3, -0.25) is 14.8 Å². The van der Waals surface area contributed by atoms with Gasteiger partial charge in [0.15, 0.2) is 0 Å². The third kappa shape index (κ3) is 5.46. The number of nitrogens with one attached hydrogen (secondary N) is 1. The van der Waals surface area contributed by atoms with Crippen LogP contribution >= 0.6 is 11.3 Å². The van der Waals surface area contributed by atoms with Gasteiger partial charge in [-0.05, 0) is 43.0 Å². The Kier molecular flexibility index (Phi) is 6.23. The van der Waals surface area contributed by atoms with E-state index in [9.17, 15) is 4.79 Å². The fourth-order valence-corrected chi connectivity index (χ4v) is 3.31. The van der Waals surface area contributed by atoms with Crippen LogP contribution in [0.2, 0.25) is 0 Å². The highest BCUT2D eigenvalue weighted by Crippen LogP contribution is 2.23. The zero-order chi connectivity index (χ0) is 17.3. The van der Waals surface area contributed by atoms with E-state index in [0.29, 0.717) is 19.4 Å². The summed E-state index contributed by atoms with van der Waals surface area (Å²) in [5.41, 5.74) is 3.22. The molecule has 3 aromatic heterocycles. The van der Waals surface area contributed by atoms with Crippen LogP contribution in [0.4, 0.5) is 0 Å². The number of rotatable bonds is 8. The van der Waals surface area contributed by atoms with Crippen LogP contribution in [-0.4, -0.2) is 27.4 Å². The number of carbonyl (C=O) groups excluding carboxylic acids is 1. The van der Waals surface area contributed by atoms with Gasteiger partial charge >= 0.3 is 0 Å². The Morgan fingerprint density at radius 1 is 1.08 bits per heavy atom. The first-order valence-corrected chi connectivity index (χ1v) is 9.19. The number of nitrogens with zero attached hydrogens (tertiary/aromatic N) is 3. The molecule has 3 rings (SSSR count). The van der Waals surface area contributed by atoms with Gasteiger partial charge in [-0.2, -0.15) is 0 Å². The maximum absolute atomic E-state index is 11.9. The van der Waals surface area contributed by atoms with Crippen LogP contribution in [0.1, 0.15) is 24.1 Å². The quantitative estimate of drug-likeness (QED) is 0.632. The number of aromatic nitrogens is 3. The van der Waals surface area contributed by atoms with E-state index < -0.39 is 0 Å². The molecule has 6 heteroatoms. The number of hydrogen-bond acceptors (Lipinski definition) is 5. The monoisotopic (exact) mass is 352 g/mol. The molecule has 0 spiro atoms. The molecule has 0 aliphatic carbocycles. The van der Waals surface area contributed by atoms with Crippen LogP contribution in [0.3, 0.4) is 0 Å². The molecule has 0 aliphatic heterocycles. The molecular formula is C19H20N4OS. The van der Waals surface area contributed by atoms with Crippen LogP contribution < -0.4 is 5.32 Å². The molecule has 128 valence electrons. The second-order valence-electron chi connectivity index (χ2n) is 5.69. The first-order chi connectivity index (χ1) is 12.3. The van der Waals surface area contributed by atoms with E-state index in [1.807, 2.05) is 29.8 Å². The van der Waals surface area contributed by atoms with Gasteiger partial charge < -0.3 is 5.32 Å². The first kappa shape index (κ1) is 17.2. The summed E-state index contributed by atoms with van der Waals surface area (Å²) in [7, 11) is 0. The van der Waals surface area contributed by atoms with Gasteiger partial charge in [-0.1, -0.05) is 6.07 Å². The lowest BCUT2D eigenvalue weighted by molar-refractivity contribution is -0.121. The maximum atomic E-state index is 11.9. The van der Waals surface area contributed by atoms with Crippen molar-refractivity contribution in [1.82, 2.24) is 20.3 Å². The van der Waals surface area contributed by atoms with Crippen molar-refractivity contribution >= 4 is 17.2 Å². The highest BCUT2D eigenvalue weighted by molar-refractivity contribution is 7.13. The van der Waals surface area contributed by atoms with E-state index in [1.54, 1.807) is 29.9 Å². The van der Waals surface area contributed by atoms with Gasteiger partial charge in [-0.25, -0.2) is 4.98 Å². The van der Waals surface area contributed by atoms with Gasteiger partial charge in [0, 0.05) is 48.7 Å². The summed E-state index contributed by atoms with van der Waals surface area (Å²) in [6.07, 6.45) is 10.1. The SMILES string of the molecule is O=C(CCc1csc(-c2ccncc2)n1)NCCCc1cccnc1. The lowest BCUT2D eigenvalue weighted by Crippen LogP contribution is -2.25. The zero-order valence-electron chi connectivity index (χ0n) is 13.9. The summed E-state index contributed by atoms with van der Waals surface area (Å²) in [6, 6.07) is 7.87. The van der Waals surface area contributed by atoms with E-state index in [1.165, 1.54) is 5.56 Å². The standard InChI is InChI=1S/C19H20N4OS/c24-18(22-10-2-4-15-3-1-9-21-13-15)6-5-17-14-25-19(23-17)16-7-11-20-12-8-16/h1,3,7-9,11-14H,2,4-6,10H2,(H,22,24). The molecule has 0 bridgehead atoms. The third-order valence-electron chi connectivity index (χ3n) is 3.77. The number of carbonyl (C=O) groups is 1. The Bertz CT molecular complexity index is 789. The molecule has 0 fully saturated rings.